The van der Waals surface area contributed by atoms with Gasteiger partial charge in [0.05, 0.1) is 39.0 Å². The number of anilines is 2. The van der Waals surface area contributed by atoms with Gasteiger partial charge in [-0.1, -0.05) is 29.3 Å². The van der Waals surface area contributed by atoms with Crippen molar-refractivity contribution in [3.05, 3.63) is 52.0 Å². The summed E-state index contributed by atoms with van der Waals surface area (Å²) in [6, 6.07) is 8.10. The largest absolute Gasteiger partial charge is 0.465 e. The van der Waals surface area contributed by atoms with Crippen LogP contribution in [-0.2, 0) is 14.8 Å². The number of esters is 1. The van der Waals surface area contributed by atoms with E-state index in [0.717, 1.165) is 0 Å². The lowest BCUT2D eigenvalue weighted by Crippen LogP contribution is -2.14. The van der Waals surface area contributed by atoms with Crippen molar-refractivity contribution in [2.75, 3.05) is 17.6 Å². The molecule has 0 bridgehead atoms. The maximum absolute atomic E-state index is 12.4. The highest BCUT2D eigenvalue weighted by molar-refractivity contribution is 7.92. The number of hydrogen-bond acceptors (Lipinski definition) is 5. The zero-order valence-electron chi connectivity index (χ0n) is 11.8. The van der Waals surface area contributed by atoms with E-state index in [4.69, 9.17) is 28.9 Å². The Morgan fingerprint density at radius 3 is 2.35 bits per heavy atom. The number of nitrogens with two attached hydrogens (primary N) is 1. The summed E-state index contributed by atoms with van der Waals surface area (Å²) in [5.41, 5.74) is 6.02. The molecule has 0 aliphatic carbocycles. The fourth-order valence-electron chi connectivity index (χ4n) is 1.77. The molecule has 0 saturated heterocycles. The van der Waals surface area contributed by atoms with Crippen LogP contribution in [0.15, 0.2) is 41.3 Å². The molecule has 0 saturated carbocycles. The summed E-state index contributed by atoms with van der Waals surface area (Å²) in [5.74, 6) is -0.638. The summed E-state index contributed by atoms with van der Waals surface area (Å²) in [7, 11) is -2.73. The maximum atomic E-state index is 12.4. The Morgan fingerprint density at radius 1 is 1.17 bits per heavy atom. The molecule has 0 radical (unpaired) electrons. The predicted molar refractivity (Wildman–Crippen MR) is 89.5 cm³/mol. The van der Waals surface area contributed by atoms with Crippen molar-refractivity contribution in [1.82, 2.24) is 0 Å². The Bertz CT molecular complexity index is 846. The Hall–Kier alpha value is -1.96. The Kier molecular flexibility index (Phi) is 5.03. The van der Waals surface area contributed by atoms with E-state index in [1.807, 2.05) is 0 Å². The topological polar surface area (TPSA) is 98.5 Å². The van der Waals surface area contributed by atoms with Crippen molar-refractivity contribution >= 4 is 50.6 Å². The number of benzene rings is 2. The highest BCUT2D eigenvalue weighted by Gasteiger charge is 2.18. The third-order valence-electron chi connectivity index (χ3n) is 2.90. The minimum atomic E-state index is -3.94. The molecule has 2 rings (SSSR count). The van der Waals surface area contributed by atoms with E-state index in [1.165, 1.54) is 43.5 Å². The van der Waals surface area contributed by atoms with Crippen molar-refractivity contribution in [3.63, 3.8) is 0 Å². The summed E-state index contributed by atoms with van der Waals surface area (Å²) < 4.78 is 31.7. The second-order valence-electron chi connectivity index (χ2n) is 4.48. The second-order valence-corrected chi connectivity index (χ2v) is 6.98. The number of ether oxygens (including phenoxy) is 1. The van der Waals surface area contributed by atoms with Gasteiger partial charge in [0.25, 0.3) is 10.0 Å². The second kappa shape index (κ2) is 6.66. The predicted octanol–water partition coefficient (Wildman–Crippen LogP) is 3.16. The molecule has 2 aromatic carbocycles. The van der Waals surface area contributed by atoms with Gasteiger partial charge in [-0.2, -0.15) is 0 Å². The molecule has 0 spiro atoms. The number of nitrogens with one attached hydrogen (secondary N) is 1. The number of rotatable bonds is 4. The number of methoxy groups -OCH3 is 1. The lowest BCUT2D eigenvalue weighted by Gasteiger charge is -2.11. The summed E-state index contributed by atoms with van der Waals surface area (Å²) in [4.78, 5) is 11.4. The van der Waals surface area contributed by atoms with Crippen LogP contribution in [0.5, 0.6) is 0 Å². The van der Waals surface area contributed by atoms with E-state index >= 15 is 0 Å². The average molecular weight is 375 g/mol. The van der Waals surface area contributed by atoms with Gasteiger partial charge >= 0.3 is 5.97 Å². The molecular weight excluding hydrogens is 363 g/mol. The molecule has 0 aromatic heterocycles. The minimum Gasteiger partial charge on any atom is -0.465 e. The van der Waals surface area contributed by atoms with Crippen molar-refractivity contribution < 1.29 is 17.9 Å². The maximum Gasteiger partial charge on any atom is 0.337 e. The third kappa shape index (κ3) is 3.87. The molecule has 0 amide bonds. The van der Waals surface area contributed by atoms with E-state index < -0.39 is 16.0 Å². The third-order valence-corrected chi connectivity index (χ3v) is 4.90. The number of nitrogen functional groups attached to an aromatic ring is 1. The van der Waals surface area contributed by atoms with Gasteiger partial charge in [0.1, 0.15) is 0 Å². The minimum absolute atomic E-state index is 0.107. The van der Waals surface area contributed by atoms with Crippen LogP contribution in [-0.4, -0.2) is 21.5 Å². The van der Waals surface area contributed by atoms with Crippen LogP contribution in [0, 0.1) is 0 Å². The van der Waals surface area contributed by atoms with Crippen LogP contribution >= 0.6 is 23.2 Å². The Labute approximate surface area is 143 Å². The number of hydrogen-bond donors (Lipinski definition) is 2. The van der Waals surface area contributed by atoms with Gasteiger partial charge < -0.3 is 10.5 Å². The first-order valence-electron chi connectivity index (χ1n) is 6.20. The Morgan fingerprint density at radius 2 is 1.78 bits per heavy atom. The summed E-state index contributed by atoms with van der Waals surface area (Å²) >= 11 is 11.7. The molecule has 23 heavy (non-hydrogen) atoms. The summed E-state index contributed by atoms with van der Waals surface area (Å²) in [5, 5.41) is 0.247. The smallest absolute Gasteiger partial charge is 0.337 e. The van der Waals surface area contributed by atoms with E-state index in [2.05, 4.69) is 9.46 Å². The first-order chi connectivity index (χ1) is 10.7. The van der Waals surface area contributed by atoms with Crippen molar-refractivity contribution in [3.8, 4) is 0 Å². The number of carbonyl (C=O) groups excluding carboxylic acids is 1. The highest BCUT2D eigenvalue weighted by Crippen LogP contribution is 2.32. The molecule has 122 valence electrons. The summed E-state index contributed by atoms with van der Waals surface area (Å²) in [6.45, 7) is 0. The monoisotopic (exact) mass is 374 g/mol. The lowest BCUT2D eigenvalue weighted by atomic mass is 10.2. The molecule has 3 N–H and O–H groups in total. The van der Waals surface area contributed by atoms with Crippen molar-refractivity contribution in [1.29, 1.82) is 0 Å². The van der Waals surface area contributed by atoms with Crippen LogP contribution in [0.2, 0.25) is 10.0 Å². The Balaban J connectivity index is 2.38. The standard InChI is InChI=1S/C14H12Cl2N2O4S/c1-22-14(19)8-3-2-4-10(5-8)23(20,21)18-9-6-11(15)13(17)12(16)7-9/h2-7,18H,17H2,1H3. The van der Waals surface area contributed by atoms with Crippen molar-refractivity contribution in [2.24, 2.45) is 0 Å². The van der Waals surface area contributed by atoms with E-state index in [1.54, 1.807) is 0 Å². The lowest BCUT2D eigenvalue weighted by molar-refractivity contribution is 0.0600. The van der Waals surface area contributed by atoms with Gasteiger partial charge in [-0.25, -0.2) is 13.2 Å². The van der Waals surface area contributed by atoms with Crippen LogP contribution in [0.25, 0.3) is 0 Å². The van der Waals surface area contributed by atoms with E-state index in [0.29, 0.717) is 0 Å². The molecular formula is C14H12Cl2N2O4S. The van der Waals surface area contributed by atoms with Crippen LogP contribution in [0.3, 0.4) is 0 Å². The molecule has 6 nitrogen and oxygen atoms in total. The number of carbonyl (C=O) groups is 1. The van der Waals surface area contributed by atoms with E-state index in [9.17, 15) is 13.2 Å². The SMILES string of the molecule is COC(=O)c1cccc(S(=O)(=O)Nc2cc(Cl)c(N)c(Cl)c2)c1. The van der Waals surface area contributed by atoms with Crippen molar-refractivity contribution in [2.45, 2.75) is 4.90 Å². The molecule has 2 aromatic rings. The van der Waals surface area contributed by atoms with E-state index in [-0.39, 0.29) is 31.9 Å². The number of sulfonamides is 1. The van der Waals surface area contributed by atoms with Crippen LogP contribution in [0.1, 0.15) is 10.4 Å². The fourth-order valence-corrected chi connectivity index (χ4v) is 3.34. The van der Waals surface area contributed by atoms with Gasteiger partial charge in [0.15, 0.2) is 0 Å². The average Bonchev–Trinajstić information content (AvgIpc) is 2.51. The van der Waals surface area contributed by atoms with Gasteiger partial charge in [0.2, 0.25) is 0 Å². The van der Waals surface area contributed by atoms with Gasteiger partial charge in [-0.05, 0) is 30.3 Å². The van der Waals surface area contributed by atoms with Crippen LogP contribution in [0.4, 0.5) is 11.4 Å². The first kappa shape index (κ1) is 17.4. The summed E-state index contributed by atoms with van der Waals surface area (Å²) in [6.07, 6.45) is 0. The molecule has 9 heteroatoms. The van der Waals surface area contributed by atoms with Gasteiger partial charge in [0, 0.05) is 0 Å². The molecule has 0 fully saturated rings. The molecule has 0 aliphatic heterocycles. The zero-order valence-corrected chi connectivity index (χ0v) is 14.2. The molecule has 0 unspecified atom stereocenters. The quantitative estimate of drug-likeness (QED) is 0.632. The van der Waals surface area contributed by atoms with Gasteiger partial charge in [-0.15, -0.1) is 0 Å². The fraction of sp³-hybridized carbons (Fsp3) is 0.0714. The number of halogens is 2. The van der Waals surface area contributed by atoms with Gasteiger partial charge in [-0.3, -0.25) is 4.72 Å². The highest BCUT2D eigenvalue weighted by atomic mass is 35.5. The molecule has 0 aliphatic rings. The first-order valence-corrected chi connectivity index (χ1v) is 8.44. The normalized spacial score (nSPS) is 11.1. The molecule has 0 atom stereocenters. The molecule has 0 heterocycles. The van der Waals surface area contributed by atoms with Crippen LogP contribution < -0.4 is 10.5 Å². The zero-order chi connectivity index (χ0) is 17.2.